The van der Waals surface area contributed by atoms with Crippen molar-refractivity contribution in [1.29, 1.82) is 0 Å². The van der Waals surface area contributed by atoms with Gasteiger partial charge < -0.3 is 0 Å². The predicted molar refractivity (Wildman–Crippen MR) is 70.5 cm³/mol. The molecule has 1 aromatic carbocycles. The summed E-state index contributed by atoms with van der Waals surface area (Å²) in [4.78, 5) is 0. The minimum absolute atomic E-state index is 0.678. The van der Waals surface area contributed by atoms with Crippen LogP contribution in [0.2, 0.25) is 0 Å². The Hall–Kier alpha value is -1.30. The van der Waals surface area contributed by atoms with Crippen molar-refractivity contribution in [2.24, 2.45) is 5.92 Å². The summed E-state index contributed by atoms with van der Waals surface area (Å²) < 4.78 is 0. The third kappa shape index (κ3) is 2.63. The van der Waals surface area contributed by atoms with E-state index < -0.39 is 0 Å². The van der Waals surface area contributed by atoms with E-state index in [1.54, 1.807) is 0 Å². The molecule has 0 spiro atoms. The highest BCUT2D eigenvalue weighted by Gasteiger charge is 2.18. The average molecular weight is 212 g/mol. The summed E-state index contributed by atoms with van der Waals surface area (Å²) in [5, 5.41) is 0. The average Bonchev–Trinajstić information content (AvgIpc) is 2.61. The van der Waals surface area contributed by atoms with Crippen molar-refractivity contribution in [2.75, 3.05) is 0 Å². The summed E-state index contributed by atoms with van der Waals surface area (Å²) in [7, 11) is 0. The third-order valence-corrected chi connectivity index (χ3v) is 3.46. The Morgan fingerprint density at radius 3 is 2.75 bits per heavy atom. The second kappa shape index (κ2) is 5.69. The minimum Gasteiger partial charge on any atom is -0.0845 e. The van der Waals surface area contributed by atoms with Gasteiger partial charge in [-0.25, -0.2) is 0 Å². The first-order chi connectivity index (χ1) is 7.92. The van der Waals surface area contributed by atoms with Crippen LogP contribution in [0.3, 0.4) is 0 Å². The SMILES string of the molecule is CCC(c1ccccc1)C1C=CC=CCC1. The largest absolute Gasteiger partial charge is 0.0845 e. The highest BCUT2D eigenvalue weighted by Crippen LogP contribution is 2.33. The summed E-state index contributed by atoms with van der Waals surface area (Å²) in [6.07, 6.45) is 12.8. The Labute approximate surface area is 98.7 Å². The first kappa shape index (κ1) is 11.2. The monoisotopic (exact) mass is 212 g/mol. The fraction of sp³-hybridized carbons (Fsp3) is 0.375. The highest BCUT2D eigenvalue weighted by molar-refractivity contribution is 5.23. The van der Waals surface area contributed by atoms with Crippen LogP contribution in [0.4, 0.5) is 0 Å². The Morgan fingerprint density at radius 1 is 1.19 bits per heavy atom. The molecule has 0 bridgehead atoms. The molecule has 2 unspecified atom stereocenters. The quantitative estimate of drug-likeness (QED) is 0.681. The summed E-state index contributed by atoms with van der Waals surface area (Å²) in [6.45, 7) is 2.30. The van der Waals surface area contributed by atoms with Crippen LogP contribution >= 0.6 is 0 Å². The molecule has 0 heteroatoms. The fourth-order valence-corrected chi connectivity index (χ4v) is 2.59. The molecule has 2 rings (SSSR count). The van der Waals surface area contributed by atoms with Crippen LogP contribution in [-0.2, 0) is 0 Å². The van der Waals surface area contributed by atoms with Crippen LogP contribution in [0.25, 0.3) is 0 Å². The summed E-state index contributed by atoms with van der Waals surface area (Å²) >= 11 is 0. The van der Waals surface area contributed by atoms with Crippen LogP contribution in [0, 0.1) is 5.92 Å². The maximum Gasteiger partial charge on any atom is -0.0101 e. The molecule has 2 atom stereocenters. The number of allylic oxidation sites excluding steroid dienone is 4. The molecule has 0 fully saturated rings. The van der Waals surface area contributed by atoms with E-state index in [9.17, 15) is 0 Å². The first-order valence-corrected chi connectivity index (χ1v) is 6.30. The highest BCUT2D eigenvalue weighted by atomic mass is 14.2. The second-order valence-electron chi connectivity index (χ2n) is 4.48. The molecule has 1 aromatic rings. The van der Waals surface area contributed by atoms with Crippen molar-refractivity contribution in [3.05, 3.63) is 60.2 Å². The number of rotatable bonds is 3. The Kier molecular flexibility index (Phi) is 3.98. The van der Waals surface area contributed by atoms with Gasteiger partial charge in [-0.15, -0.1) is 0 Å². The summed E-state index contributed by atoms with van der Waals surface area (Å²) in [5.41, 5.74) is 1.49. The minimum atomic E-state index is 0.678. The van der Waals surface area contributed by atoms with Gasteiger partial charge in [0.05, 0.1) is 0 Å². The number of hydrogen-bond acceptors (Lipinski definition) is 0. The molecule has 84 valence electrons. The van der Waals surface area contributed by atoms with Gasteiger partial charge in [-0.1, -0.05) is 61.6 Å². The van der Waals surface area contributed by atoms with Gasteiger partial charge in [0, 0.05) is 0 Å². The molecular formula is C16H20. The summed E-state index contributed by atoms with van der Waals surface area (Å²) in [6, 6.07) is 10.9. The van der Waals surface area contributed by atoms with Crippen molar-refractivity contribution < 1.29 is 0 Å². The molecule has 1 aliphatic rings. The van der Waals surface area contributed by atoms with Crippen LogP contribution in [0.15, 0.2) is 54.6 Å². The van der Waals surface area contributed by atoms with Gasteiger partial charge in [-0.05, 0) is 36.7 Å². The molecule has 0 aliphatic heterocycles. The third-order valence-electron chi connectivity index (χ3n) is 3.46. The maximum atomic E-state index is 2.38. The second-order valence-corrected chi connectivity index (χ2v) is 4.48. The molecule has 16 heavy (non-hydrogen) atoms. The molecular weight excluding hydrogens is 192 g/mol. The van der Waals surface area contributed by atoms with Crippen molar-refractivity contribution in [2.45, 2.75) is 32.1 Å². The molecule has 0 nitrogen and oxygen atoms in total. The van der Waals surface area contributed by atoms with Gasteiger partial charge >= 0.3 is 0 Å². The first-order valence-electron chi connectivity index (χ1n) is 6.30. The van der Waals surface area contributed by atoms with Crippen molar-refractivity contribution in [3.63, 3.8) is 0 Å². The maximum absolute atomic E-state index is 2.38. The van der Waals surface area contributed by atoms with Crippen molar-refractivity contribution in [1.82, 2.24) is 0 Å². The normalized spacial score (nSPS) is 21.7. The predicted octanol–water partition coefficient (Wildman–Crippen LogP) is 4.70. The van der Waals surface area contributed by atoms with Gasteiger partial charge in [0.1, 0.15) is 0 Å². The lowest BCUT2D eigenvalue weighted by Gasteiger charge is -2.23. The number of hydrogen-bond donors (Lipinski definition) is 0. The van der Waals surface area contributed by atoms with Crippen molar-refractivity contribution >= 4 is 0 Å². The lowest BCUT2D eigenvalue weighted by Crippen LogP contribution is -2.09. The fourth-order valence-electron chi connectivity index (χ4n) is 2.59. The van der Waals surface area contributed by atoms with E-state index >= 15 is 0 Å². The molecule has 0 aromatic heterocycles. The standard InChI is InChI=1S/C16H20/c1-2-16(15-12-8-5-9-13-15)14-10-6-3-4-7-11-14/h3-6,8-10,12-14,16H,2,7,11H2,1H3. The van der Waals surface area contributed by atoms with Crippen LogP contribution in [0.5, 0.6) is 0 Å². The Balaban J connectivity index is 2.16. The van der Waals surface area contributed by atoms with E-state index in [0.29, 0.717) is 11.8 Å². The topological polar surface area (TPSA) is 0 Å². The molecule has 0 saturated carbocycles. The molecule has 0 amide bonds. The van der Waals surface area contributed by atoms with Gasteiger partial charge in [-0.3, -0.25) is 0 Å². The van der Waals surface area contributed by atoms with Gasteiger partial charge in [0.15, 0.2) is 0 Å². The van der Waals surface area contributed by atoms with E-state index in [0.717, 1.165) is 0 Å². The zero-order valence-electron chi connectivity index (χ0n) is 9.97. The van der Waals surface area contributed by atoms with Crippen molar-refractivity contribution in [3.8, 4) is 0 Å². The van der Waals surface area contributed by atoms with Crippen LogP contribution in [0.1, 0.15) is 37.7 Å². The molecule has 0 radical (unpaired) electrons. The lowest BCUT2D eigenvalue weighted by atomic mass is 9.81. The van der Waals surface area contributed by atoms with E-state index in [1.165, 1.54) is 24.8 Å². The molecule has 0 N–H and O–H groups in total. The van der Waals surface area contributed by atoms with E-state index in [2.05, 4.69) is 61.6 Å². The smallest absolute Gasteiger partial charge is 0.0101 e. The number of benzene rings is 1. The van der Waals surface area contributed by atoms with E-state index in [-0.39, 0.29) is 0 Å². The van der Waals surface area contributed by atoms with Crippen LogP contribution < -0.4 is 0 Å². The van der Waals surface area contributed by atoms with Crippen LogP contribution in [-0.4, -0.2) is 0 Å². The molecule has 1 aliphatic carbocycles. The summed E-state index contributed by atoms with van der Waals surface area (Å²) in [5.74, 6) is 1.37. The van der Waals surface area contributed by atoms with Gasteiger partial charge in [0.25, 0.3) is 0 Å². The molecule has 0 saturated heterocycles. The van der Waals surface area contributed by atoms with Gasteiger partial charge in [0.2, 0.25) is 0 Å². The van der Waals surface area contributed by atoms with E-state index in [4.69, 9.17) is 0 Å². The Morgan fingerprint density at radius 2 is 2.00 bits per heavy atom. The lowest BCUT2D eigenvalue weighted by molar-refractivity contribution is 0.467. The zero-order valence-corrected chi connectivity index (χ0v) is 9.97. The molecule has 0 heterocycles. The zero-order chi connectivity index (χ0) is 11.2. The Bertz CT molecular complexity index is 359. The van der Waals surface area contributed by atoms with Gasteiger partial charge in [-0.2, -0.15) is 0 Å². The van der Waals surface area contributed by atoms with E-state index in [1.807, 2.05) is 0 Å².